The molecule has 0 unspecified atom stereocenters. The zero-order valence-electron chi connectivity index (χ0n) is 13.0. The molecular formula is C18H28O2. The number of fused-ring (bicyclic) bond motifs is 5. The third-order valence-electron chi connectivity index (χ3n) is 6.41. The van der Waals surface area contributed by atoms with Crippen LogP contribution in [0.4, 0.5) is 0 Å². The van der Waals surface area contributed by atoms with E-state index in [1.807, 2.05) is 13.8 Å². The first-order chi connectivity index (χ1) is 9.67. The highest BCUT2D eigenvalue weighted by Crippen LogP contribution is 2.68. The van der Waals surface area contributed by atoms with Crippen LogP contribution in [0.3, 0.4) is 0 Å². The summed E-state index contributed by atoms with van der Waals surface area (Å²) in [6.07, 6.45) is 13.3. The monoisotopic (exact) mass is 276 g/mol. The minimum atomic E-state index is -0.138. The molecule has 2 heteroatoms. The van der Waals surface area contributed by atoms with Crippen molar-refractivity contribution >= 4 is 5.97 Å². The number of hydrogen-bond donors (Lipinski definition) is 0. The smallest absolute Gasteiger partial charge is 0.333 e. The molecule has 20 heavy (non-hydrogen) atoms. The first-order valence-corrected chi connectivity index (χ1v) is 8.51. The zero-order chi connectivity index (χ0) is 14.2. The first kappa shape index (κ1) is 14.2. The minimum Gasteiger partial charge on any atom is -0.463 e. The number of hydrogen-bond acceptors (Lipinski definition) is 2. The summed E-state index contributed by atoms with van der Waals surface area (Å²) in [5, 5.41) is 0. The summed E-state index contributed by atoms with van der Waals surface area (Å²) in [5.74, 6) is 2.91. The highest BCUT2D eigenvalue weighted by atomic mass is 16.5. The summed E-state index contributed by atoms with van der Waals surface area (Å²) in [6, 6.07) is 0. The second-order valence-electron chi connectivity index (χ2n) is 7.15. The molecule has 3 saturated carbocycles. The van der Waals surface area contributed by atoms with Gasteiger partial charge >= 0.3 is 5.97 Å². The fourth-order valence-electron chi connectivity index (χ4n) is 5.64. The maximum atomic E-state index is 11.6. The number of allylic oxidation sites excluding steroid dienone is 1. The molecule has 2 bridgehead atoms. The van der Waals surface area contributed by atoms with Crippen molar-refractivity contribution in [1.29, 1.82) is 0 Å². The highest BCUT2D eigenvalue weighted by Gasteiger charge is 2.58. The maximum absolute atomic E-state index is 11.6. The molecule has 0 heterocycles. The van der Waals surface area contributed by atoms with E-state index in [2.05, 4.69) is 6.08 Å². The number of ether oxygens (including phenoxy) is 1. The molecule has 0 aromatic heterocycles. The van der Waals surface area contributed by atoms with Gasteiger partial charge in [-0.1, -0.05) is 12.5 Å². The van der Waals surface area contributed by atoms with Gasteiger partial charge in [-0.3, -0.25) is 0 Å². The fraction of sp³-hybridized carbons (Fsp3) is 0.833. The lowest BCUT2D eigenvalue weighted by atomic mass is 9.65. The lowest BCUT2D eigenvalue weighted by Crippen LogP contribution is -2.31. The molecule has 0 aliphatic heterocycles. The van der Waals surface area contributed by atoms with Crippen LogP contribution in [0.5, 0.6) is 0 Å². The quantitative estimate of drug-likeness (QED) is 0.546. The van der Waals surface area contributed by atoms with E-state index in [-0.39, 0.29) is 5.97 Å². The SMILES string of the molecule is CCOC(=O)/C(C)=C/CC[C@@]12CCC[C@@H]1[C@@H]1CC[C@H]2C1. The fourth-order valence-corrected chi connectivity index (χ4v) is 5.64. The summed E-state index contributed by atoms with van der Waals surface area (Å²) in [6.45, 7) is 4.23. The molecule has 3 rings (SSSR count). The van der Waals surface area contributed by atoms with Gasteiger partial charge in [0.25, 0.3) is 0 Å². The van der Waals surface area contributed by atoms with Crippen LogP contribution in [-0.2, 0) is 9.53 Å². The van der Waals surface area contributed by atoms with Gasteiger partial charge in [-0.05, 0) is 82.0 Å². The summed E-state index contributed by atoms with van der Waals surface area (Å²) in [4.78, 5) is 11.6. The van der Waals surface area contributed by atoms with Crippen molar-refractivity contribution in [2.75, 3.05) is 6.61 Å². The molecule has 0 amide bonds. The zero-order valence-corrected chi connectivity index (χ0v) is 13.0. The lowest BCUT2D eigenvalue weighted by molar-refractivity contribution is -0.138. The van der Waals surface area contributed by atoms with E-state index in [1.165, 1.54) is 44.9 Å². The summed E-state index contributed by atoms with van der Waals surface area (Å²) in [5.41, 5.74) is 1.44. The van der Waals surface area contributed by atoms with Crippen molar-refractivity contribution in [1.82, 2.24) is 0 Å². The van der Waals surface area contributed by atoms with Crippen LogP contribution in [0.1, 0.15) is 65.2 Å². The molecule has 3 fully saturated rings. The van der Waals surface area contributed by atoms with Crippen LogP contribution in [0, 0.1) is 23.2 Å². The Hall–Kier alpha value is -0.790. The summed E-state index contributed by atoms with van der Waals surface area (Å²) < 4.78 is 5.05. The predicted octanol–water partition coefficient (Wildman–Crippen LogP) is 4.49. The average molecular weight is 276 g/mol. The molecular weight excluding hydrogens is 248 g/mol. The van der Waals surface area contributed by atoms with Crippen molar-refractivity contribution < 1.29 is 9.53 Å². The van der Waals surface area contributed by atoms with Crippen molar-refractivity contribution in [2.45, 2.75) is 65.2 Å². The van der Waals surface area contributed by atoms with Crippen molar-refractivity contribution in [3.05, 3.63) is 11.6 Å². The van der Waals surface area contributed by atoms with Crippen LogP contribution in [0.2, 0.25) is 0 Å². The normalized spacial score (nSPS) is 39.1. The first-order valence-electron chi connectivity index (χ1n) is 8.51. The van der Waals surface area contributed by atoms with Crippen LogP contribution < -0.4 is 0 Å². The molecule has 112 valence electrons. The maximum Gasteiger partial charge on any atom is 0.333 e. The Morgan fingerprint density at radius 2 is 2.20 bits per heavy atom. The molecule has 0 saturated heterocycles. The van der Waals surface area contributed by atoms with Gasteiger partial charge < -0.3 is 4.74 Å². The van der Waals surface area contributed by atoms with Gasteiger partial charge in [0.1, 0.15) is 0 Å². The van der Waals surface area contributed by atoms with Crippen LogP contribution >= 0.6 is 0 Å². The Morgan fingerprint density at radius 3 is 3.00 bits per heavy atom. The molecule has 3 aliphatic rings. The Labute approximate surface area is 123 Å². The van der Waals surface area contributed by atoms with Crippen molar-refractivity contribution in [3.63, 3.8) is 0 Å². The van der Waals surface area contributed by atoms with Crippen molar-refractivity contribution in [3.8, 4) is 0 Å². The Balaban J connectivity index is 1.61. The highest BCUT2D eigenvalue weighted by molar-refractivity contribution is 5.87. The average Bonchev–Trinajstić information content (AvgIpc) is 3.10. The van der Waals surface area contributed by atoms with E-state index in [1.54, 1.807) is 0 Å². The van der Waals surface area contributed by atoms with Gasteiger partial charge in [0.2, 0.25) is 0 Å². The van der Waals surface area contributed by atoms with E-state index in [9.17, 15) is 4.79 Å². The molecule has 0 aromatic carbocycles. The molecule has 3 aliphatic carbocycles. The summed E-state index contributed by atoms with van der Waals surface area (Å²) in [7, 11) is 0. The molecule has 0 spiro atoms. The van der Waals surface area contributed by atoms with E-state index in [4.69, 9.17) is 4.74 Å². The topological polar surface area (TPSA) is 26.3 Å². The third-order valence-corrected chi connectivity index (χ3v) is 6.41. The standard InChI is InChI=1S/C18H28O2/c1-3-20-17(19)13(2)6-4-10-18-11-5-7-16(18)14-8-9-15(18)12-14/h6,14-16H,3-5,7-12H2,1-2H3/b13-6+/t14-,15+,16-,18+/m1/s1. The van der Waals surface area contributed by atoms with Gasteiger partial charge in [-0.2, -0.15) is 0 Å². The predicted molar refractivity (Wildman–Crippen MR) is 80.2 cm³/mol. The number of rotatable bonds is 5. The van der Waals surface area contributed by atoms with Gasteiger partial charge in [0.05, 0.1) is 6.61 Å². The molecule has 0 aromatic rings. The molecule has 4 atom stereocenters. The van der Waals surface area contributed by atoms with Gasteiger partial charge in [-0.25, -0.2) is 4.79 Å². The van der Waals surface area contributed by atoms with Gasteiger partial charge in [-0.15, -0.1) is 0 Å². The largest absolute Gasteiger partial charge is 0.463 e. The Kier molecular flexibility index (Phi) is 3.92. The Bertz CT molecular complexity index is 412. The van der Waals surface area contributed by atoms with E-state index < -0.39 is 0 Å². The second kappa shape index (κ2) is 5.54. The number of carbonyl (C=O) groups excluding carboxylic acids is 1. The lowest BCUT2D eigenvalue weighted by Gasteiger charge is -2.39. The molecule has 2 nitrogen and oxygen atoms in total. The van der Waals surface area contributed by atoms with E-state index in [0.29, 0.717) is 12.0 Å². The number of carbonyl (C=O) groups is 1. The van der Waals surface area contributed by atoms with E-state index in [0.717, 1.165) is 29.7 Å². The third kappa shape index (κ3) is 2.21. The van der Waals surface area contributed by atoms with Crippen LogP contribution in [0.25, 0.3) is 0 Å². The second-order valence-corrected chi connectivity index (χ2v) is 7.15. The van der Waals surface area contributed by atoms with Crippen LogP contribution in [0.15, 0.2) is 11.6 Å². The van der Waals surface area contributed by atoms with Crippen molar-refractivity contribution in [2.24, 2.45) is 23.2 Å². The van der Waals surface area contributed by atoms with Gasteiger partial charge in [0.15, 0.2) is 0 Å². The Morgan fingerprint density at radius 1 is 1.35 bits per heavy atom. The van der Waals surface area contributed by atoms with E-state index >= 15 is 0 Å². The summed E-state index contributed by atoms with van der Waals surface area (Å²) >= 11 is 0. The molecule has 0 radical (unpaired) electrons. The number of esters is 1. The van der Waals surface area contributed by atoms with Gasteiger partial charge in [0, 0.05) is 5.57 Å². The molecule has 0 N–H and O–H groups in total. The minimum absolute atomic E-state index is 0.138. The van der Waals surface area contributed by atoms with Crippen LogP contribution in [-0.4, -0.2) is 12.6 Å².